The molecule has 150 valence electrons. The van der Waals surface area contributed by atoms with Gasteiger partial charge < -0.3 is 4.90 Å². The Morgan fingerprint density at radius 2 is 1.89 bits per heavy atom. The van der Waals surface area contributed by atoms with Crippen LogP contribution < -0.4 is 0 Å². The number of nitrogens with zero attached hydrogens (tertiary/aromatic N) is 4. The highest BCUT2D eigenvalue weighted by atomic mass is 32.2. The molecule has 3 aromatic heterocycles. The minimum absolute atomic E-state index is 0.629. The van der Waals surface area contributed by atoms with Gasteiger partial charge in [0.05, 0.1) is 10.2 Å². The lowest BCUT2D eigenvalue weighted by Crippen LogP contribution is -2.14. The molecule has 0 fully saturated rings. The summed E-state index contributed by atoms with van der Waals surface area (Å²) < 4.78 is 1.22. The van der Waals surface area contributed by atoms with E-state index in [2.05, 4.69) is 39.1 Å². The first-order valence-corrected chi connectivity index (χ1v) is 13.0. The second-order valence-corrected chi connectivity index (χ2v) is 11.0. The Labute approximate surface area is 179 Å². The number of hydrogen-bond acceptors (Lipinski definition) is 7. The summed E-state index contributed by atoms with van der Waals surface area (Å²) in [6.07, 6.45) is 6.70. The largest absolute Gasteiger partial charge is 0.309 e. The number of aromatic nitrogens is 3. The number of hydrogen-bond donors (Lipinski definition) is 0. The van der Waals surface area contributed by atoms with Crippen molar-refractivity contribution in [2.24, 2.45) is 5.92 Å². The topological polar surface area (TPSA) is 41.9 Å². The first-order valence-electron chi connectivity index (χ1n) is 9.94. The highest BCUT2D eigenvalue weighted by Gasteiger charge is 2.25. The molecule has 0 saturated carbocycles. The van der Waals surface area contributed by atoms with E-state index in [1.54, 1.807) is 23.1 Å². The van der Waals surface area contributed by atoms with Crippen LogP contribution in [0.2, 0.25) is 0 Å². The van der Waals surface area contributed by atoms with Crippen LogP contribution in [0.4, 0.5) is 0 Å². The lowest BCUT2D eigenvalue weighted by Gasteiger charge is -2.11. The number of rotatable bonds is 7. The highest BCUT2D eigenvalue weighted by Crippen LogP contribution is 2.43. The van der Waals surface area contributed by atoms with Crippen LogP contribution in [0.5, 0.6) is 0 Å². The summed E-state index contributed by atoms with van der Waals surface area (Å²) in [5.74, 6) is 1.66. The maximum Gasteiger partial charge on any atom is 0.189 e. The third kappa shape index (κ3) is 3.91. The fourth-order valence-electron chi connectivity index (χ4n) is 3.87. The van der Waals surface area contributed by atoms with Gasteiger partial charge in [0.2, 0.25) is 0 Å². The molecule has 0 aliphatic heterocycles. The molecular weight excluding hydrogens is 404 g/mol. The molecule has 3 aromatic rings. The molecule has 3 heterocycles. The van der Waals surface area contributed by atoms with Crippen LogP contribution >= 0.6 is 34.9 Å². The SMILES string of the molecule is CSc1nc(SCCN(C)C)c2sc3nc(CC(C)C)c4c(c3c2n1)CCC4. The molecular formula is C21H28N4S3. The van der Waals surface area contributed by atoms with E-state index in [1.807, 2.05) is 11.8 Å². The molecule has 0 unspecified atom stereocenters. The number of aryl methyl sites for hydroxylation is 1. The van der Waals surface area contributed by atoms with Gasteiger partial charge in [-0.25, -0.2) is 15.0 Å². The molecule has 0 atom stereocenters. The van der Waals surface area contributed by atoms with Crippen molar-refractivity contribution in [1.29, 1.82) is 0 Å². The number of pyridine rings is 1. The van der Waals surface area contributed by atoms with Gasteiger partial charge in [0.25, 0.3) is 0 Å². The molecule has 4 nitrogen and oxygen atoms in total. The predicted octanol–water partition coefficient (Wildman–Crippen LogP) is 5.30. The normalized spacial score (nSPS) is 14.1. The molecule has 1 aliphatic carbocycles. The van der Waals surface area contributed by atoms with Gasteiger partial charge in [0.15, 0.2) is 5.16 Å². The van der Waals surface area contributed by atoms with Crippen LogP contribution in [0.15, 0.2) is 10.2 Å². The Bertz CT molecular complexity index is 1010. The van der Waals surface area contributed by atoms with Gasteiger partial charge in [-0.1, -0.05) is 25.6 Å². The third-order valence-corrected chi connectivity index (χ3v) is 7.84. The van der Waals surface area contributed by atoms with Crippen molar-refractivity contribution in [3.05, 3.63) is 16.8 Å². The molecule has 0 bridgehead atoms. The van der Waals surface area contributed by atoms with Crippen LogP contribution in [0.25, 0.3) is 20.4 Å². The highest BCUT2D eigenvalue weighted by molar-refractivity contribution is 7.99. The van der Waals surface area contributed by atoms with Crippen molar-refractivity contribution < 1.29 is 0 Å². The van der Waals surface area contributed by atoms with Crippen molar-refractivity contribution >= 4 is 55.3 Å². The van der Waals surface area contributed by atoms with Gasteiger partial charge in [-0.05, 0) is 63.1 Å². The zero-order valence-electron chi connectivity index (χ0n) is 17.3. The van der Waals surface area contributed by atoms with Gasteiger partial charge in [-0.3, -0.25) is 0 Å². The van der Waals surface area contributed by atoms with Crippen LogP contribution in [-0.4, -0.2) is 52.5 Å². The van der Waals surface area contributed by atoms with E-state index in [1.165, 1.54) is 39.7 Å². The fourth-order valence-corrected chi connectivity index (χ4v) is 6.67. The van der Waals surface area contributed by atoms with Gasteiger partial charge in [0, 0.05) is 23.4 Å². The molecule has 0 amide bonds. The maximum absolute atomic E-state index is 5.16. The van der Waals surface area contributed by atoms with Crippen molar-refractivity contribution in [2.75, 3.05) is 32.6 Å². The lowest BCUT2D eigenvalue weighted by atomic mass is 9.99. The lowest BCUT2D eigenvalue weighted by molar-refractivity contribution is 0.437. The first kappa shape index (κ1) is 20.4. The van der Waals surface area contributed by atoms with E-state index in [9.17, 15) is 0 Å². The Morgan fingerprint density at radius 3 is 2.61 bits per heavy atom. The minimum atomic E-state index is 0.629. The van der Waals surface area contributed by atoms with Crippen molar-refractivity contribution in [1.82, 2.24) is 19.9 Å². The summed E-state index contributed by atoms with van der Waals surface area (Å²) in [5.41, 5.74) is 5.48. The summed E-state index contributed by atoms with van der Waals surface area (Å²) in [6, 6.07) is 0. The van der Waals surface area contributed by atoms with Crippen LogP contribution in [0.3, 0.4) is 0 Å². The maximum atomic E-state index is 5.16. The van der Waals surface area contributed by atoms with Crippen molar-refractivity contribution in [2.45, 2.75) is 49.7 Å². The Balaban J connectivity index is 1.89. The molecule has 0 saturated heterocycles. The Kier molecular flexibility index (Phi) is 6.16. The molecule has 0 aromatic carbocycles. The van der Waals surface area contributed by atoms with Crippen molar-refractivity contribution in [3.63, 3.8) is 0 Å². The van der Waals surface area contributed by atoms with E-state index >= 15 is 0 Å². The third-order valence-electron chi connectivity index (χ3n) is 5.13. The number of thioether (sulfide) groups is 2. The summed E-state index contributed by atoms with van der Waals surface area (Å²) in [4.78, 5) is 18.3. The molecule has 0 radical (unpaired) electrons. The fraction of sp³-hybridized carbons (Fsp3) is 0.571. The van der Waals surface area contributed by atoms with E-state index in [0.29, 0.717) is 5.92 Å². The second kappa shape index (κ2) is 8.46. The van der Waals surface area contributed by atoms with Gasteiger partial charge in [-0.2, -0.15) is 0 Å². The zero-order chi connectivity index (χ0) is 19.8. The van der Waals surface area contributed by atoms with E-state index in [-0.39, 0.29) is 0 Å². The average molecular weight is 433 g/mol. The Morgan fingerprint density at radius 1 is 1.11 bits per heavy atom. The van der Waals surface area contributed by atoms with E-state index in [4.69, 9.17) is 15.0 Å². The van der Waals surface area contributed by atoms with Crippen molar-refractivity contribution in [3.8, 4) is 0 Å². The zero-order valence-corrected chi connectivity index (χ0v) is 19.8. The molecule has 0 N–H and O–H groups in total. The van der Waals surface area contributed by atoms with E-state index in [0.717, 1.165) is 45.7 Å². The van der Waals surface area contributed by atoms with Crippen LogP contribution in [0.1, 0.15) is 37.1 Å². The Hall–Kier alpha value is -0.890. The van der Waals surface area contributed by atoms with Gasteiger partial charge in [0.1, 0.15) is 9.86 Å². The number of fused-ring (bicyclic) bond motifs is 5. The van der Waals surface area contributed by atoms with Gasteiger partial charge in [-0.15, -0.1) is 23.1 Å². The summed E-state index contributed by atoms with van der Waals surface area (Å²) in [6.45, 7) is 5.61. The number of thiophene rings is 1. The smallest absolute Gasteiger partial charge is 0.189 e. The first-order chi connectivity index (χ1) is 13.5. The van der Waals surface area contributed by atoms with Crippen LogP contribution in [0, 0.1) is 5.92 Å². The molecule has 1 aliphatic rings. The molecule has 7 heteroatoms. The second-order valence-electron chi connectivity index (χ2n) is 8.09. The summed E-state index contributed by atoms with van der Waals surface area (Å²) >= 11 is 5.27. The molecule has 4 rings (SSSR count). The van der Waals surface area contributed by atoms with Gasteiger partial charge >= 0.3 is 0 Å². The predicted molar refractivity (Wildman–Crippen MR) is 124 cm³/mol. The average Bonchev–Trinajstić information content (AvgIpc) is 3.25. The van der Waals surface area contributed by atoms with Crippen LogP contribution in [-0.2, 0) is 19.3 Å². The van der Waals surface area contributed by atoms with E-state index < -0.39 is 0 Å². The molecule has 0 spiro atoms. The molecule has 28 heavy (non-hydrogen) atoms. The minimum Gasteiger partial charge on any atom is -0.309 e. The quantitative estimate of drug-likeness (QED) is 0.287. The monoisotopic (exact) mass is 432 g/mol. The summed E-state index contributed by atoms with van der Waals surface area (Å²) in [5, 5.41) is 3.31. The summed E-state index contributed by atoms with van der Waals surface area (Å²) in [7, 11) is 4.23. The standard InChI is InChI=1S/C21H28N4S3/c1-12(2)11-15-13-7-6-8-14(13)16-17-18(28-19(16)22-15)20(24-21(23-17)26-5)27-10-9-25(3)4/h12H,6-11H2,1-5H3.